The van der Waals surface area contributed by atoms with E-state index in [-0.39, 0.29) is 12.5 Å². The minimum atomic E-state index is -0.527. The fourth-order valence-corrected chi connectivity index (χ4v) is 2.33. The molecule has 0 bridgehead atoms. The van der Waals surface area contributed by atoms with Crippen LogP contribution in [-0.2, 0) is 16.1 Å². The van der Waals surface area contributed by atoms with Gasteiger partial charge >= 0.3 is 6.09 Å². The number of hydrogen-bond acceptors (Lipinski definition) is 4. The van der Waals surface area contributed by atoms with E-state index < -0.39 is 11.7 Å². The average molecular weight is 392 g/mol. The largest absolute Gasteiger partial charge is 0.444 e. The summed E-state index contributed by atoms with van der Waals surface area (Å²) in [4.78, 5) is 29.9. The van der Waals surface area contributed by atoms with Crippen molar-refractivity contribution in [1.82, 2.24) is 20.9 Å². The number of alkyl carbamates (subject to hydrolysis) is 1. The highest BCUT2D eigenvalue weighted by Crippen LogP contribution is 2.06. The first-order valence-electron chi connectivity index (χ1n) is 9.48. The summed E-state index contributed by atoms with van der Waals surface area (Å²) in [6.07, 6.45) is -0.466. The predicted octanol–water partition coefficient (Wildman–Crippen LogP) is 1.72. The Labute approximate surface area is 167 Å². The van der Waals surface area contributed by atoms with Gasteiger partial charge in [-0.15, -0.1) is 0 Å². The van der Waals surface area contributed by atoms with Crippen LogP contribution in [0.5, 0.6) is 0 Å². The lowest BCUT2D eigenvalue weighted by Gasteiger charge is -2.22. The van der Waals surface area contributed by atoms with Crippen molar-refractivity contribution < 1.29 is 14.3 Å². The van der Waals surface area contributed by atoms with E-state index in [1.165, 1.54) is 0 Å². The van der Waals surface area contributed by atoms with Crippen LogP contribution in [0.4, 0.5) is 4.79 Å². The van der Waals surface area contributed by atoms with Gasteiger partial charge in [-0.25, -0.2) is 4.79 Å². The number of ether oxygens (including phenoxy) is 1. The molecule has 0 fully saturated rings. The van der Waals surface area contributed by atoms with Crippen LogP contribution in [0.2, 0.25) is 0 Å². The molecule has 0 saturated carbocycles. The standard InChI is InChI=1S/C20H33N5O3/c1-6-25(15-16-10-8-7-9-11-16)17(26)14-24-18(21-5)22-12-13-23-19(27)28-20(2,3)4/h7-11H,6,12-15H2,1-5H3,(H,23,27)(H2,21,22,24). The summed E-state index contributed by atoms with van der Waals surface area (Å²) in [7, 11) is 1.63. The maximum absolute atomic E-state index is 12.5. The van der Waals surface area contributed by atoms with Crippen LogP contribution >= 0.6 is 0 Å². The van der Waals surface area contributed by atoms with Gasteiger partial charge in [-0.2, -0.15) is 0 Å². The molecule has 0 aliphatic rings. The first-order chi connectivity index (χ1) is 13.2. The number of rotatable bonds is 8. The summed E-state index contributed by atoms with van der Waals surface area (Å²) < 4.78 is 5.16. The SMILES string of the molecule is CCN(Cc1ccccc1)C(=O)CNC(=NC)NCCNC(=O)OC(C)(C)C. The van der Waals surface area contributed by atoms with Crippen LogP contribution in [-0.4, -0.2) is 61.7 Å². The van der Waals surface area contributed by atoms with E-state index in [0.29, 0.717) is 32.1 Å². The van der Waals surface area contributed by atoms with Gasteiger partial charge in [0.15, 0.2) is 5.96 Å². The normalized spacial score (nSPS) is 11.5. The quantitative estimate of drug-likeness (QED) is 0.356. The Balaban J connectivity index is 2.34. The summed E-state index contributed by atoms with van der Waals surface area (Å²) in [5.74, 6) is 0.483. The van der Waals surface area contributed by atoms with E-state index in [0.717, 1.165) is 5.56 Å². The second-order valence-corrected chi connectivity index (χ2v) is 7.17. The zero-order chi connectivity index (χ0) is 21.0. The van der Waals surface area contributed by atoms with Gasteiger partial charge in [-0.1, -0.05) is 30.3 Å². The molecule has 0 radical (unpaired) electrons. The molecule has 0 aromatic heterocycles. The van der Waals surface area contributed by atoms with Gasteiger partial charge in [0.1, 0.15) is 5.60 Å². The lowest BCUT2D eigenvalue weighted by molar-refractivity contribution is -0.130. The molecule has 1 aromatic rings. The van der Waals surface area contributed by atoms with Crippen molar-refractivity contribution in [1.29, 1.82) is 0 Å². The van der Waals surface area contributed by atoms with Crippen molar-refractivity contribution in [2.75, 3.05) is 33.2 Å². The van der Waals surface area contributed by atoms with Gasteiger partial charge < -0.3 is 25.6 Å². The Morgan fingerprint density at radius 2 is 1.71 bits per heavy atom. The van der Waals surface area contributed by atoms with Crippen LogP contribution in [0.1, 0.15) is 33.3 Å². The Morgan fingerprint density at radius 3 is 2.29 bits per heavy atom. The van der Waals surface area contributed by atoms with E-state index in [1.807, 2.05) is 58.0 Å². The number of carbonyl (C=O) groups excluding carboxylic acids is 2. The molecule has 3 N–H and O–H groups in total. The van der Waals surface area contributed by atoms with Gasteiger partial charge in [0.25, 0.3) is 0 Å². The Kier molecular flexibility index (Phi) is 9.84. The highest BCUT2D eigenvalue weighted by molar-refractivity contribution is 5.86. The summed E-state index contributed by atoms with van der Waals surface area (Å²) in [5, 5.41) is 8.70. The molecular weight excluding hydrogens is 358 g/mol. The molecule has 0 saturated heterocycles. The molecule has 0 heterocycles. The summed E-state index contributed by atoms with van der Waals surface area (Å²) in [6.45, 7) is 9.55. The molecule has 0 aliphatic carbocycles. The molecule has 0 aliphatic heterocycles. The molecule has 156 valence electrons. The zero-order valence-electron chi connectivity index (χ0n) is 17.5. The Morgan fingerprint density at radius 1 is 1.07 bits per heavy atom. The number of likely N-dealkylation sites (N-methyl/N-ethyl adjacent to an activating group) is 1. The van der Waals surface area contributed by atoms with E-state index in [2.05, 4.69) is 20.9 Å². The van der Waals surface area contributed by atoms with Crippen molar-refractivity contribution >= 4 is 18.0 Å². The number of hydrogen-bond donors (Lipinski definition) is 3. The Hall–Kier alpha value is -2.77. The second kappa shape index (κ2) is 11.8. The van der Waals surface area contributed by atoms with Crippen molar-refractivity contribution in [3.8, 4) is 0 Å². The van der Waals surface area contributed by atoms with Crippen molar-refractivity contribution in [2.24, 2.45) is 4.99 Å². The monoisotopic (exact) mass is 391 g/mol. The maximum atomic E-state index is 12.5. The summed E-state index contributed by atoms with van der Waals surface area (Å²) in [5.41, 5.74) is 0.564. The molecular formula is C20H33N5O3. The third-order valence-corrected chi connectivity index (χ3v) is 3.67. The number of carbonyl (C=O) groups is 2. The van der Waals surface area contributed by atoms with Crippen LogP contribution in [0, 0.1) is 0 Å². The van der Waals surface area contributed by atoms with Crippen LogP contribution < -0.4 is 16.0 Å². The van der Waals surface area contributed by atoms with Crippen LogP contribution in [0.25, 0.3) is 0 Å². The Bertz CT molecular complexity index is 641. The number of benzene rings is 1. The van der Waals surface area contributed by atoms with E-state index in [4.69, 9.17) is 4.74 Å². The minimum Gasteiger partial charge on any atom is -0.444 e. The fraction of sp³-hybridized carbons (Fsp3) is 0.550. The van der Waals surface area contributed by atoms with Gasteiger partial charge in [-0.3, -0.25) is 9.79 Å². The average Bonchev–Trinajstić information content (AvgIpc) is 2.64. The van der Waals surface area contributed by atoms with Gasteiger partial charge in [0.05, 0.1) is 6.54 Å². The minimum absolute atomic E-state index is 0.0128. The van der Waals surface area contributed by atoms with Crippen LogP contribution in [0.15, 0.2) is 35.3 Å². The van der Waals surface area contributed by atoms with E-state index in [9.17, 15) is 9.59 Å². The number of guanidine groups is 1. The van der Waals surface area contributed by atoms with Crippen molar-refractivity contribution in [3.63, 3.8) is 0 Å². The lowest BCUT2D eigenvalue weighted by atomic mass is 10.2. The summed E-state index contributed by atoms with van der Waals surface area (Å²) >= 11 is 0. The molecule has 8 nitrogen and oxygen atoms in total. The number of amides is 2. The molecule has 1 rings (SSSR count). The fourth-order valence-electron chi connectivity index (χ4n) is 2.33. The molecule has 8 heteroatoms. The highest BCUT2D eigenvalue weighted by atomic mass is 16.6. The van der Waals surface area contributed by atoms with Crippen molar-refractivity contribution in [3.05, 3.63) is 35.9 Å². The molecule has 0 spiro atoms. The van der Waals surface area contributed by atoms with Gasteiger partial charge in [0.2, 0.25) is 5.91 Å². The summed E-state index contributed by atoms with van der Waals surface area (Å²) in [6, 6.07) is 9.88. The van der Waals surface area contributed by atoms with E-state index in [1.54, 1.807) is 11.9 Å². The lowest BCUT2D eigenvalue weighted by Crippen LogP contribution is -2.46. The van der Waals surface area contributed by atoms with Crippen molar-refractivity contribution in [2.45, 2.75) is 39.8 Å². The maximum Gasteiger partial charge on any atom is 0.407 e. The molecule has 0 atom stereocenters. The number of nitrogens with zero attached hydrogens (tertiary/aromatic N) is 2. The van der Waals surface area contributed by atoms with E-state index >= 15 is 0 Å². The second-order valence-electron chi connectivity index (χ2n) is 7.17. The predicted molar refractivity (Wildman–Crippen MR) is 111 cm³/mol. The molecule has 1 aromatic carbocycles. The topological polar surface area (TPSA) is 95.1 Å². The van der Waals surface area contributed by atoms with Gasteiger partial charge in [-0.05, 0) is 33.3 Å². The zero-order valence-corrected chi connectivity index (χ0v) is 17.5. The number of nitrogens with one attached hydrogen (secondary N) is 3. The molecule has 2 amide bonds. The first kappa shape index (κ1) is 23.3. The number of aliphatic imine (C=N–C) groups is 1. The third kappa shape index (κ3) is 9.80. The van der Waals surface area contributed by atoms with Gasteiger partial charge in [0, 0.05) is 33.2 Å². The highest BCUT2D eigenvalue weighted by Gasteiger charge is 2.15. The smallest absolute Gasteiger partial charge is 0.407 e. The third-order valence-electron chi connectivity index (χ3n) is 3.67. The first-order valence-corrected chi connectivity index (χ1v) is 9.48. The molecule has 0 unspecified atom stereocenters. The molecule has 28 heavy (non-hydrogen) atoms. The van der Waals surface area contributed by atoms with Crippen LogP contribution in [0.3, 0.4) is 0 Å².